The predicted molar refractivity (Wildman–Crippen MR) is 113 cm³/mol. The SMILES string of the molecule is O=C(c1ccc(-c2ccc(F)cc2)s1)N1CCN(Cc2ccc3c(c2)OCO3)CC1. The number of carbonyl (C=O) groups is 1. The average Bonchev–Trinajstić information content (AvgIpc) is 3.44. The van der Waals surface area contributed by atoms with Gasteiger partial charge in [-0.15, -0.1) is 11.3 Å². The van der Waals surface area contributed by atoms with Gasteiger partial charge < -0.3 is 14.4 Å². The minimum Gasteiger partial charge on any atom is -0.454 e. The van der Waals surface area contributed by atoms with Gasteiger partial charge >= 0.3 is 0 Å². The van der Waals surface area contributed by atoms with Crippen LogP contribution < -0.4 is 9.47 Å². The van der Waals surface area contributed by atoms with Crippen molar-refractivity contribution in [1.82, 2.24) is 9.80 Å². The van der Waals surface area contributed by atoms with Gasteiger partial charge in [0.05, 0.1) is 4.88 Å². The van der Waals surface area contributed by atoms with Crippen LogP contribution in [0.5, 0.6) is 11.5 Å². The van der Waals surface area contributed by atoms with Crippen molar-refractivity contribution in [1.29, 1.82) is 0 Å². The molecule has 0 atom stereocenters. The van der Waals surface area contributed by atoms with Crippen LogP contribution in [0.1, 0.15) is 15.2 Å². The van der Waals surface area contributed by atoms with E-state index in [0.29, 0.717) is 13.1 Å². The molecule has 5 nitrogen and oxygen atoms in total. The number of amides is 1. The molecule has 3 aromatic rings. The zero-order valence-electron chi connectivity index (χ0n) is 16.3. The molecule has 1 aromatic heterocycles. The van der Waals surface area contributed by atoms with E-state index in [9.17, 15) is 9.18 Å². The van der Waals surface area contributed by atoms with Gasteiger partial charge in [-0.25, -0.2) is 4.39 Å². The lowest BCUT2D eigenvalue weighted by Gasteiger charge is -2.34. The molecule has 0 bridgehead atoms. The van der Waals surface area contributed by atoms with E-state index in [2.05, 4.69) is 11.0 Å². The van der Waals surface area contributed by atoms with Gasteiger partial charge in [0.15, 0.2) is 11.5 Å². The zero-order valence-corrected chi connectivity index (χ0v) is 17.2. The van der Waals surface area contributed by atoms with Crippen LogP contribution in [0.4, 0.5) is 4.39 Å². The van der Waals surface area contributed by atoms with Crippen molar-refractivity contribution in [3.63, 3.8) is 0 Å². The monoisotopic (exact) mass is 424 g/mol. The Morgan fingerprint density at radius 3 is 2.50 bits per heavy atom. The molecule has 1 saturated heterocycles. The maximum absolute atomic E-state index is 13.1. The molecule has 0 aliphatic carbocycles. The normalized spacial score (nSPS) is 16.1. The van der Waals surface area contributed by atoms with Crippen molar-refractivity contribution in [2.45, 2.75) is 6.54 Å². The second-order valence-electron chi connectivity index (χ2n) is 7.43. The number of benzene rings is 2. The van der Waals surface area contributed by atoms with E-state index >= 15 is 0 Å². The minimum absolute atomic E-state index is 0.0658. The van der Waals surface area contributed by atoms with Crippen LogP contribution in [0.15, 0.2) is 54.6 Å². The summed E-state index contributed by atoms with van der Waals surface area (Å²) in [6.45, 7) is 4.17. The molecule has 30 heavy (non-hydrogen) atoms. The highest BCUT2D eigenvalue weighted by molar-refractivity contribution is 7.17. The number of hydrogen-bond donors (Lipinski definition) is 0. The lowest BCUT2D eigenvalue weighted by Crippen LogP contribution is -2.48. The van der Waals surface area contributed by atoms with Crippen LogP contribution in [-0.2, 0) is 6.54 Å². The summed E-state index contributed by atoms with van der Waals surface area (Å²) in [4.78, 5) is 18.9. The van der Waals surface area contributed by atoms with Crippen LogP contribution in [-0.4, -0.2) is 48.7 Å². The quantitative estimate of drug-likeness (QED) is 0.628. The van der Waals surface area contributed by atoms with E-state index in [1.807, 2.05) is 29.2 Å². The first-order valence-electron chi connectivity index (χ1n) is 9.92. The van der Waals surface area contributed by atoms with Crippen LogP contribution >= 0.6 is 11.3 Å². The Morgan fingerprint density at radius 2 is 1.70 bits per heavy atom. The van der Waals surface area contributed by atoms with Crippen molar-refractivity contribution in [2.75, 3.05) is 33.0 Å². The molecule has 0 N–H and O–H groups in total. The highest BCUT2D eigenvalue weighted by Gasteiger charge is 2.24. The number of carbonyl (C=O) groups excluding carboxylic acids is 1. The predicted octanol–water partition coefficient (Wildman–Crippen LogP) is 4.24. The number of hydrogen-bond acceptors (Lipinski definition) is 5. The Labute approximate surface area is 178 Å². The number of ether oxygens (including phenoxy) is 2. The second-order valence-corrected chi connectivity index (χ2v) is 8.51. The van der Waals surface area contributed by atoms with Gasteiger partial charge in [-0.2, -0.15) is 0 Å². The fourth-order valence-corrected chi connectivity index (χ4v) is 4.76. The molecule has 2 aromatic carbocycles. The smallest absolute Gasteiger partial charge is 0.264 e. The molecule has 0 spiro atoms. The van der Waals surface area contributed by atoms with E-state index in [4.69, 9.17) is 9.47 Å². The Bertz CT molecular complexity index is 1060. The lowest BCUT2D eigenvalue weighted by molar-refractivity contribution is 0.0633. The molecule has 154 valence electrons. The number of thiophene rings is 1. The summed E-state index contributed by atoms with van der Waals surface area (Å²) in [6.07, 6.45) is 0. The maximum Gasteiger partial charge on any atom is 0.264 e. The fourth-order valence-electron chi connectivity index (χ4n) is 3.78. The molecule has 3 heterocycles. The summed E-state index contributed by atoms with van der Waals surface area (Å²) < 4.78 is 24.0. The molecule has 1 fully saturated rings. The van der Waals surface area contributed by atoms with Gasteiger partial charge in [0.1, 0.15) is 5.82 Å². The Hall–Kier alpha value is -2.90. The summed E-state index contributed by atoms with van der Waals surface area (Å²) >= 11 is 1.46. The fraction of sp³-hybridized carbons (Fsp3) is 0.261. The summed E-state index contributed by atoms with van der Waals surface area (Å²) in [5.74, 6) is 1.41. The Morgan fingerprint density at radius 1 is 0.933 bits per heavy atom. The van der Waals surface area contributed by atoms with Gasteiger partial charge in [-0.05, 0) is 47.5 Å². The maximum atomic E-state index is 13.1. The van der Waals surface area contributed by atoms with Crippen molar-refractivity contribution in [2.24, 2.45) is 0 Å². The molecule has 0 radical (unpaired) electrons. The molecule has 2 aliphatic rings. The largest absolute Gasteiger partial charge is 0.454 e. The molecule has 0 saturated carbocycles. The number of halogens is 1. The van der Waals surface area contributed by atoms with Crippen molar-refractivity contribution < 1.29 is 18.7 Å². The van der Waals surface area contributed by atoms with E-state index in [-0.39, 0.29) is 18.5 Å². The third kappa shape index (κ3) is 3.91. The van der Waals surface area contributed by atoms with Gasteiger partial charge in [0, 0.05) is 37.6 Å². The molecule has 1 amide bonds. The number of nitrogens with zero attached hydrogens (tertiary/aromatic N) is 2. The molecule has 2 aliphatic heterocycles. The van der Waals surface area contributed by atoms with Gasteiger partial charge in [-0.3, -0.25) is 9.69 Å². The van der Waals surface area contributed by atoms with Gasteiger partial charge in [0.25, 0.3) is 5.91 Å². The number of piperazine rings is 1. The molecule has 0 unspecified atom stereocenters. The molecular formula is C23H21FN2O3S. The van der Waals surface area contributed by atoms with Gasteiger partial charge in [0.2, 0.25) is 6.79 Å². The molecule has 5 rings (SSSR count). The summed E-state index contributed by atoms with van der Waals surface area (Å²) in [5.41, 5.74) is 2.11. The summed E-state index contributed by atoms with van der Waals surface area (Å²) in [7, 11) is 0. The number of rotatable bonds is 4. The summed E-state index contributed by atoms with van der Waals surface area (Å²) in [5, 5.41) is 0. The van der Waals surface area contributed by atoms with Crippen molar-refractivity contribution >= 4 is 17.2 Å². The van der Waals surface area contributed by atoms with Crippen molar-refractivity contribution in [3.05, 3.63) is 70.9 Å². The van der Waals surface area contributed by atoms with Crippen LogP contribution in [0.2, 0.25) is 0 Å². The van der Waals surface area contributed by atoms with E-state index in [0.717, 1.165) is 46.5 Å². The minimum atomic E-state index is -0.259. The van der Waals surface area contributed by atoms with E-state index in [1.165, 1.54) is 29.0 Å². The Balaban J connectivity index is 1.18. The topological polar surface area (TPSA) is 42.0 Å². The van der Waals surface area contributed by atoms with Gasteiger partial charge in [-0.1, -0.05) is 18.2 Å². The second kappa shape index (κ2) is 8.08. The van der Waals surface area contributed by atoms with Crippen molar-refractivity contribution in [3.8, 4) is 21.9 Å². The standard InChI is InChI=1S/C23H21FN2O3S/c24-18-4-2-17(3-5-18)21-7-8-22(30-21)23(27)26-11-9-25(10-12-26)14-16-1-6-19-20(13-16)29-15-28-19/h1-8,13H,9-12,14-15H2. The first kappa shape index (κ1) is 19.1. The highest BCUT2D eigenvalue weighted by Crippen LogP contribution is 2.33. The van der Waals surface area contributed by atoms with Crippen LogP contribution in [0, 0.1) is 5.82 Å². The average molecular weight is 424 g/mol. The third-order valence-corrected chi connectivity index (χ3v) is 6.57. The summed E-state index contributed by atoms with van der Waals surface area (Å²) in [6, 6.07) is 16.2. The Kier molecular flexibility index (Phi) is 5.14. The highest BCUT2D eigenvalue weighted by atomic mass is 32.1. The first-order chi connectivity index (χ1) is 14.7. The van der Waals surface area contributed by atoms with Crippen LogP contribution in [0.3, 0.4) is 0 Å². The molecular weight excluding hydrogens is 403 g/mol. The third-order valence-electron chi connectivity index (χ3n) is 5.45. The van der Waals surface area contributed by atoms with E-state index in [1.54, 1.807) is 12.1 Å². The zero-order chi connectivity index (χ0) is 20.5. The molecule has 7 heteroatoms. The van der Waals surface area contributed by atoms with Crippen LogP contribution in [0.25, 0.3) is 10.4 Å². The first-order valence-corrected chi connectivity index (χ1v) is 10.7. The number of fused-ring (bicyclic) bond motifs is 1. The van der Waals surface area contributed by atoms with E-state index < -0.39 is 0 Å². The lowest BCUT2D eigenvalue weighted by atomic mass is 10.1.